The van der Waals surface area contributed by atoms with Gasteiger partial charge in [-0.2, -0.15) is 0 Å². The maximum Gasteiger partial charge on any atom is 0.223 e. The lowest BCUT2D eigenvalue weighted by molar-refractivity contribution is -0.126. The Morgan fingerprint density at radius 1 is 1.23 bits per heavy atom. The standard InChI is InChI=1S/C21H25FN2O2/c1-15-11-18(9-10-23-15)21(25)24-13-16-5-7-20(8-6-16)26-14-17-3-2-4-19(22)12-17/h2-8,12,15,18,23H,9-11,13-14H2,1H3,(H,24,25)/t15-,18-/m0/s1. The molecule has 0 unspecified atom stereocenters. The lowest BCUT2D eigenvalue weighted by Crippen LogP contribution is -2.42. The van der Waals surface area contributed by atoms with Gasteiger partial charge >= 0.3 is 0 Å². The lowest BCUT2D eigenvalue weighted by atomic mass is 9.92. The van der Waals surface area contributed by atoms with Crippen molar-refractivity contribution >= 4 is 5.91 Å². The number of halogens is 1. The maximum absolute atomic E-state index is 13.2. The molecule has 2 aromatic rings. The monoisotopic (exact) mass is 356 g/mol. The molecule has 1 heterocycles. The molecular weight excluding hydrogens is 331 g/mol. The van der Waals surface area contributed by atoms with Gasteiger partial charge in [0.25, 0.3) is 0 Å². The highest BCUT2D eigenvalue weighted by molar-refractivity contribution is 5.78. The molecule has 0 aromatic heterocycles. The van der Waals surface area contributed by atoms with Crippen LogP contribution in [0.3, 0.4) is 0 Å². The van der Waals surface area contributed by atoms with Gasteiger partial charge in [0, 0.05) is 18.5 Å². The van der Waals surface area contributed by atoms with E-state index in [1.54, 1.807) is 6.07 Å². The third-order valence-corrected chi connectivity index (χ3v) is 4.68. The molecule has 2 N–H and O–H groups in total. The molecule has 4 nitrogen and oxygen atoms in total. The van der Waals surface area contributed by atoms with E-state index in [0.29, 0.717) is 19.2 Å². The molecule has 1 aliphatic rings. The van der Waals surface area contributed by atoms with Gasteiger partial charge in [0.1, 0.15) is 18.2 Å². The highest BCUT2D eigenvalue weighted by Crippen LogP contribution is 2.17. The van der Waals surface area contributed by atoms with Gasteiger partial charge in [-0.15, -0.1) is 0 Å². The van der Waals surface area contributed by atoms with Crippen molar-refractivity contribution in [1.29, 1.82) is 0 Å². The average molecular weight is 356 g/mol. The van der Waals surface area contributed by atoms with Crippen LogP contribution in [-0.2, 0) is 17.9 Å². The van der Waals surface area contributed by atoms with Crippen molar-refractivity contribution in [3.63, 3.8) is 0 Å². The number of rotatable bonds is 6. The Labute approximate surface area is 153 Å². The summed E-state index contributed by atoms with van der Waals surface area (Å²) >= 11 is 0. The zero-order chi connectivity index (χ0) is 18.4. The van der Waals surface area contributed by atoms with Crippen molar-refractivity contribution in [1.82, 2.24) is 10.6 Å². The molecule has 1 saturated heterocycles. The van der Waals surface area contributed by atoms with Crippen LogP contribution in [0, 0.1) is 11.7 Å². The van der Waals surface area contributed by atoms with Gasteiger partial charge in [-0.1, -0.05) is 24.3 Å². The van der Waals surface area contributed by atoms with E-state index in [1.165, 1.54) is 12.1 Å². The van der Waals surface area contributed by atoms with E-state index < -0.39 is 0 Å². The van der Waals surface area contributed by atoms with Crippen molar-refractivity contribution in [2.75, 3.05) is 6.54 Å². The SMILES string of the molecule is C[C@H]1C[C@@H](C(=O)NCc2ccc(OCc3cccc(F)c3)cc2)CCN1. The van der Waals surface area contributed by atoms with E-state index >= 15 is 0 Å². The minimum Gasteiger partial charge on any atom is -0.489 e. The van der Waals surface area contributed by atoms with Crippen LogP contribution >= 0.6 is 0 Å². The summed E-state index contributed by atoms with van der Waals surface area (Å²) in [5.74, 6) is 0.682. The fourth-order valence-corrected chi connectivity index (χ4v) is 3.20. The Morgan fingerprint density at radius 2 is 2.04 bits per heavy atom. The molecule has 0 radical (unpaired) electrons. The number of hydrogen-bond acceptors (Lipinski definition) is 3. The lowest BCUT2D eigenvalue weighted by Gasteiger charge is -2.27. The minimum atomic E-state index is -0.264. The summed E-state index contributed by atoms with van der Waals surface area (Å²) in [6.45, 7) is 3.85. The average Bonchev–Trinajstić information content (AvgIpc) is 2.65. The molecule has 1 amide bonds. The van der Waals surface area contributed by atoms with Crippen LogP contribution in [0.1, 0.15) is 30.9 Å². The van der Waals surface area contributed by atoms with Crippen LogP contribution in [0.25, 0.3) is 0 Å². The number of benzene rings is 2. The van der Waals surface area contributed by atoms with Gasteiger partial charge in [0.15, 0.2) is 0 Å². The second-order valence-corrected chi connectivity index (χ2v) is 6.86. The maximum atomic E-state index is 13.2. The number of carbonyl (C=O) groups is 1. The smallest absolute Gasteiger partial charge is 0.223 e. The van der Waals surface area contributed by atoms with Crippen LogP contribution in [0.2, 0.25) is 0 Å². The highest BCUT2D eigenvalue weighted by atomic mass is 19.1. The van der Waals surface area contributed by atoms with Crippen molar-refractivity contribution < 1.29 is 13.9 Å². The predicted octanol–water partition coefficient (Wildman–Crippen LogP) is 3.41. The summed E-state index contributed by atoms with van der Waals surface area (Å²) in [6, 6.07) is 14.4. The van der Waals surface area contributed by atoms with Gasteiger partial charge in [-0.3, -0.25) is 4.79 Å². The normalized spacial score (nSPS) is 19.8. The molecule has 0 spiro atoms. The van der Waals surface area contributed by atoms with Crippen LogP contribution in [-0.4, -0.2) is 18.5 Å². The summed E-state index contributed by atoms with van der Waals surface area (Å²) in [5, 5.41) is 6.38. The molecule has 0 saturated carbocycles. The molecule has 1 fully saturated rings. The van der Waals surface area contributed by atoms with E-state index in [2.05, 4.69) is 17.6 Å². The molecular formula is C21H25FN2O2. The van der Waals surface area contributed by atoms with Crippen LogP contribution in [0.15, 0.2) is 48.5 Å². The molecule has 5 heteroatoms. The molecule has 3 rings (SSSR count). The molecule has 2 atom stereocenters. The van der Waals surface area contributed by atoms with E-state index in [4.69, 9.17) is 4.74 Å². The van der Waals surface area contributed by atoms with Crippen molar-refractivity contribution in [3.8, 4) is 5.75 Å². The molecule has 138 valence electrons. The molecule has 2 aromatic carbocycles. The Morgan fingerprint density at radius 3 is 2.77 bits per heavy atom. The summed E-state index contributed by atoms with van der Waals surface area (Å²) < 4.78 is 18.8. The van der Waals surface area contributed by atoms with Crippen molar-refractivity contribution in [2.45, 2.75) is 39.0 Å². The molecule has 0 aliphatic carbocycles. The van der Waals surface area contributed by atoms with Crippen molar-refractivity contribution in [2.24, 2.45) is 5.92 Å². The van der Waals surface area contributed by atoms with Gasteiger partial charge in [-0.25, -0.2) is 4.39 Å². The first-order valence-corrected chi connectivity index (χ1v) is 9.07. The number of carbonyl (C=O) groups excluding carboxylic acids is 1. The van der Waals surface area contributed by atoms with E-state index in [9.17, 15) is 9.18 Å². The number of nitrogens with one attached hydrogen (secondary N) is 2. The van der Waals surface area contributed by atoms with Crippen LogP contribution in [0.4, 0.5) is 4.39 Å². The fraction of sp³-hybridized carbons (Fsp3) is 0.381. The highest BCUT2D eigenvalue weighted by Gasteiger charge is 2.24. The molecule has 1 aliphatic heterocycles. The summed E-state index contributed by atoms with van der Waals surface area (Å²) in [7, 11) is 0. The first-order chi connectivity index (χ1) is 12.6. The van der Waals surface area contributed by atoms with Gasteiger partial charge < -0.3 is 15.4 Å². The van der Waals surface area contributed by atoms with E-state index in [-0.39, 0.29) is 17.6 Å². The second-order valence-electron chi connectivity index (χ2n) is 6.86. The summed E-state index contributed by atoms with van der Waals surface area (Å²) in [4.78, 5) is 12.3. The van der Waals surface area contributed by atoms with E-state index in [1.807, 2.05) is 30.3 Å². The zero-order valence-corrected chi connectivity index (χ0v) is 15.0. The first kappa shape index (κ1) is 18.4. The molecule has 0 bridgehead atoms. The van der Waals surface area contributed by atoms with Gasteiger partial charge in [0.2, 0.25) is 5.91 Å². The Kier molecular flexibility index (Phi) is 6.23. The van der Waals surface area contributed by atoms with Gasteiger partial charge in [0.05, 0.1) is 0 Å². The van der Waals surface area contributed by atoms with Crippen LogP contribution < -0.4 is 15.4 Å². The van der Waals surface area contributed by atoms with Crippen LogP contribution in [0.5, 0.6) is 5.75 Å². The van der Waals surface area contributed by atoms with Crippen molar-refractivity contribution in [3.05, 3.63) is 65.5 Å². The number of amides is 1. The second kappa shape index (κ2) is 8.81. The van der Waals surface area contributed by atoms with E-state index in [0.717, 1.165) is 36.3 Å². The number of hydrogen-bond donors (Lipinski definition) is 2. The topological polar surface area (TPSA) is 50.4 Å². The number of ether oxygens (including phenoxy) is 1. The third-order valence-electron chi connectivity index (χ3n) is 4.68. The molecule has 26 heavy (non-hydrogen) atoms. The predicted molar refractivity (Wildman–Crippen MR) is 99.2 cm³/mol. The first-order valence-electron chi connectivity index (χ1n) is 9.07. The minimum absolute atomic E-state index is 0.0973. The fourth-order valence-electron chi connectivity index (χ4n) is 3.20. The Balaban J connectivity index is 1.46. The quantitative estimate of drug-likeness (QED) is 0.834. The van der Waals surface area contributed by atoms with Gasteiger partial charge in [-0.05, 0) is 61.7 Å². The third kappa shape index (κ3) is 5.30. The largest absolute Gasteiger partial charge is 0.489 e. The Hall–Kier alpha value is -2.40. The zero-order valence-electron chi connectivity index (χ0n) is 15.0. The summed E-state index contributed by atoms with van der Waals surface area (Å²) in [5.41, 5.74) is 1.82. The summed E-state index contributed by atoms with van der Waals surface area (Å²) in [6.07, 6.45) is 1.78. The number of piperidine rings is 1. The Bertz CT molecular complexity index is 733.